The molecule has 0 heterocycles. The van der Waals surface area contributed by atoms with Gasteiger partial charge in [0, 0.05) is 0 Å². The highest BCUT2D eigenvalue weighted by Crippen LogP contribution is 2.24. The second-order valence-corrected chi connectivity index (χ2v) is 4.13. The average Bonchev–Trinajstić information content (AvgIpc) is 2.24. The van der Waals surface area contributed by atoms with Crippen molar-refractivity contribution < 1.29 is 17.9 Å². The lowest BCUT2D eigenvalue weighted by Crippen LogP contribution is -2.17. The van der Waals surface area contributed by atoms with Crippen LogP contribution in [0.2, 0.25) is 0 Å². The molecule has 0 saturated carbocycles. The first-order valence-corrected chi connectivity index (χ1v) is 5.50. The van der Waals surface area contributed by atoms with Gasteiger partial charge in [-0.1, -0.05) is 23.8 Å². The van der Waals surface area contributed by atoms with Crippen molar-refractivity contribution in [3.8, 4) is 5.75 Å². The van der Waals surface area contributed by atoms with Crippen LogP contribution in [0.4, 0.5) is 13.2 Å². The molecule has 1 atom stereocenters. The largest absolute Gasteiger partial charge is 0.573 e. The van der Waals surface area contributed by atoms with Crippen LogP contribution in [0.3, 0.4) is 0 Å². The van der Waals surface area contributed by atoms with Gasteiger partial charge in [0.1, 0.15) is 5.75 Å². The van der Waals surface area contributed by atoms with E-state index in [4.69, 9.17) is 0 Å². The van der Waals surface area contributed by atoms with Gasteiger partial charge in [-0.2, -0.15) is 0 Å². The van der Waals surface area contributed by atoms with E-state index in [0.717, 1.165) is 11.1 Å². The number of nitrogens with one attached hydrogen (secondary N) is 1. The van der Waals surface area contributed by atoms with E-state index in [-0.39, 0.29) is 11.8 Å². The first-order valence-electron chi connectivity index (χ1n) is 5.50. The Morgan fingerprint density at radius 2 is 1.78 bits per heavy atom. The summed E-state index contributed by atoms with van der Waals surface area (Å²) < 4.78 is 39.8. The van der Waals surface area contributed by atoms with Crippen molar-refractivity contribution in [3.05, 3.63) is 41.5 Å². The molecular formula is C13H16F3NO. The van der Waals surface area contributed by atoms with Gasteiger partial charge in [0.15, 0.2) is 0 Å². The predicted molar refractivity (Wildman–Crippen MR) is 64.4 cm³/mol. The molecule has 1 aromatic carbocycles. The van der Waals surface area contributed by atoms with E-state index < -0.39 is 6.36 Å². The zero-order valence-electron chi connectivity index (χ0n) is 10.5. The highest BCUT2D eigenvalue weighted by Gasteiger charge is 2.30. The van der Waals surface area contributed by atoms with Crippen molar-refractivity contribution in [2.24, 2.45) is 0 Å². The SMILES string of the molecule is CNC(C=C(C)C)c1ccc(OC(F)(F)F)cc1. The van der Waals surface area contributed by atoms with E-state index >= 15 is 0 Å². The smallest absolute Gasteiger partial charge is 0.406 e. The van der Waals surface area contributed by atoms with Crippen LogP contribution < -0.4 is 10.1 Å². The average molecular weight is 259 g/mol. The lowest BCUT2D eigenvalue weighted by molar-refractivity contribution is -0.274. The van der Waals surface area contributed by atoms with E-state index in [9.17, 15) is 13.2 Å². The van der Waals surface area contributed by atoms with E-state index in [2.05, 4.69) is 10.1 Å². The lowest BCUT2D eigenvalue weighted by Gasteiger charge is -2.14. The topological polar surface area (TPSA) is 21.3 Å². The molecule has 5 heteroatoms. The number of hydrogen-bond donors (Lipinski definition) is 1. The Morgan fingerprint density at radius 3 is 2.17 bits per heavy atom. The van der Waals surface area contributed by atoms with Crippen LogP contribution >= 0.6 is 0 Å². The monoisotopic (exact) mass is 259 g/mol. The van der Waals surface area contributed by atoms with Crippen molar-refractivity contribution in [1.29, 1.82) is 0 Å². The molecule has 1 aromatic rings. The molecule has 0 saturated heterocycles. The normalized spacial score (nSPS) is 13.0. The molecule has 18 heavy (non-hydrogen) atoms. The molecule has 100 valence electrons. The molecular weight excluding hydrogens is 243 g/mol. The minimum absolute atomic E-state index is 0.0186. The Balaban J connectivity index is 2.84. The van der Waals surface area contributed by atoms with E-state index in [1.807, 2.05) is 19.9 Å². The van der Waals surface area contributed by atoms with Gasteiger partial charge in [0.25, 0.3) is 0 Å². The van der Waals surface area contributed by atoms with Crippen LogP contribution in [0.15, 0.2) is 35.9 Å². The van der Waals surface area contributed by atoms with Crippen LogP contribution in [0.1, 0.15) is 25.5 Å². The molecule has 1 N–H and O–H groups in total. The fourth-order valence-electron chi connectivity index (χ4n) is 1.56. The summed E-state index contributed by atoms with van der Waals surface area (Å²) >= 11 is 0. The van der Waals surface area contributed by atoms with Gasteiger partial charge in [-0.3, -0.25) is 0 Å². The van der Waals surface area contributed by atoms with Crippen molar-refractivity contribution in [2.45, 2.75) is 26.3 Å². The molecule has 1 rings (SSSR count). The third-order valence-electron chi connectivity index (χ3n) is 2.28. The highest BCUT2D eigenvalue weighted by molar-refractivity contribution is 5.31. The molecule has 2 nitrogen and oxygen atoms in total. The van der Waals surface area contributed by atoms with Gasteiger partial charge in [0.05, 0.1) is 6.04 Å². The van der Waals surface area contributed by atoms with Gasteiger partial charge < -0.3 is 10.1 Å². The number of likely N-dealkylation sites (N-methyl/N-ethyl adjacent to an activating group) is 1. The molecule has 0 radical (unpaired) electrons. The van der Waals surface area contributed by atoms with Crippen LogP contribution in [-0.2, 0) is 0 Å². The van der Waals surface area contributed by atoms with E-state index in [1.165, 1.54) is 12.1 Å². The highest BCUT2D eigenvalue weighted by atomic mass is 19.4. The molecule has 0 amide bonds. The summed E-state index contributed by atoms with van der Waals surface area (Å²) in [6.45, 7) is 3.93. The Labute approximate surface area is 104 Å². The Bertz CT molecular complexity index is 405. The number of allylic oxidation sites excluding steroid dienone is 1. The molecule has 0 spiro atoms. The van der Waals surface area contributed by atoms with Gasteiger partial charge in [-0.15, -0.1) is 13.2 Å². The summed E-state index contributed by atoms with van der Waals surface area (Å²) in [6, 6.07) is 5.83. The number of halogens is 3. The van der Waals surface area contributed by atoms with Crippen molar-refractivity contribution >= 4 is 0 Å². The first-order chi connectivity index (χ1) is 8.31. The molecule has 0 bridgehead atoms. The molecule has 1 unspecified atom stereocenters. The Kier molecular flexibility index (Phi) is 4.78. The number of ether oxygens (including phenoxy) is 1. The molecule has 0 aliphatic heterocycles. The van der Waals surface area contributed by atoms with Gasteiger partial charge in [-0.25, -0.2) is 0 Å². The molecule has 0 aliphatic carbocycles. The van der Waals surface area contributed by atoms with E-state index in [0.29, 0.717) is 0 Å². The number of hydrogen-bond acceptors (Lipinski definition) is 2. The maximum absolute atomic E-state index is 12.0. The van der Waals surface area contributed by atoms with Crippen LogP contribution in [0, 0.1) is 0 Å². The maximum Gasteiger partial charge on any atom is 0.573 e. The molecule has 0 aromatic heterocycles. The molecule has 0 fully saturated rings. The summed E-state index contributed by atoms with van der Waals surface area (Å²) in [5.74, 6) is -0.210. The van der Waals surface area contributed by atoms with Gasteiger partial charge >= 0.3 is 6.36 Å². The van der Waals surface area contributed by atoms with Crippen molar-refractivity contribution in [1.82, 2.24) is 5.32 Å². The summed E-state index contributed by atoms with van der Waals surface area (Å²) in [5, 5.41) is 3.08. The van der Waals surface area contributed by atoms with Crippen LogP contribution in [0.25, 0.3) is 0 Å². The standard InChI is InChI=1S/C13H16F3NO/c1-9(2)8-12(17-3)10-4-6-11(7-5-10)18-13(14,15)16/h4-8,12,17H,1-3H3. The summed E-state index contributed by atoms with van der Waals surface area (Å²) in [6.07, 6.45) is -2.65. The predicted octanol–water partition coefficient (Wildman–Crippen LogP) is 3.81. The minimum Gasteiger partial charge on any atom is -0.406 e. The van der Waals surface area contributed by atoms with Gasteiger partial charge in [0.2, 0.25) is 0 Å². The summed E-state index contributed by atoms with van der Waals surface area (Å²) in [4.78, 5) is 0. The fourth-order valence-corrected chi connectivity index (χ4v) is 1.56. The van der Waals surface area contributed by atoms with E-state index in [1.54, 1.807) is 19.2 Å². The molecule has 0 aliphatic rings. The number of benzene rings is 1. The second-order valence-electron chi connectivity index (χ2n) is 4.13. The van der Waals surface area contributed by atoms with Crippen LogP contribution in [0.5, 0.6) is 5.75 Å². The Morgan fingerprint density at radius 1 is 1.22 bits per heavy atom. The first kappa shape index (κ1) is 14.6. The third-order valence-corrected chi connectivity index (χ3v) is 2.28. The maximum atomic E-state index is 12.0. The summed E-state index contributed by atoms with van der Waals surface area (Å²) in [7, 11) is 1.80. The second kappa shape index (κ2) is 5.91. The minimum atomic E-state index is -4.65. The Hall–Kier alpha value is -1.49. The zero-order valence-corrected chi connectivity index (χ0v) is 10.5. The van der Waals surface area contributed by atoms with Gasteiger partial charge in [-0.05, 0) is 38.6 Å². The van der Waals surface area contributed by atoms with Crippen molar-refractivity contribution in [2.75, 3.05) is 7.05 Å². The zero-order chi connectivity index (χ0) is 13.8. The van der Waals surface area contributed by atoms with Crippen LogP contribution in [-0.4, -0.2) is 13.4 Å². The quantitative estimate of drug-likeness (QED) is 0.830. The number of alkyl halides is 3. The number of rotatable bonds is 4. The third kappa shape index (κ3) is 4.79. The van der Waals surface area contributed by atoms with Crippen molar-refractivity contribution in [3.63, 3.8) is 0 Å². The lowest BCUT2D eigenvalue weighted by atomic mass is 10.0. The summed E-state index contributed by atoms with van der Waals surface area (Å²) in [5.41, 5.74) is 2.01. The fraction of sp³-hybridized carbons (Fsp3) is 0.385.